The van der Waals surface area contributed by atoms with E-state index in [1.165, 1.54) is 11.1 Å². The third-order valence-electron chi connectivity index (χ3n) is 3.49. The summed E-state index contributed by atoms with van der Waals surface area (Å²) in [6.45, 7) is 8.65. The zero-order valence-electron chi connectivity index (χ0n) is 13.1. The second-order valence-electron chi connectivity index (χ2n) is 5.57. The van der Waals surface area contributed by atoms with Gasteiger partial charge in [0.2, 0.25) is 0 Å². The van der Waals surface area contributed by atoms with Gasteiger partial charge in [-0.2, -0.15) is 0 Å². The number of rotatable bonds is 3. The minimum absolute atomic E-state index is 0.175. The summed E-state index contributed by atoms with van der Waals surface area (Å²) in [4.78, 5) is 12.0. The molecule has 3 nitrogen and oxygen atoms in total. The summed E-state index contributed by atoms with van der Waals surface area (Å²) in [5, 5.41) is 5.82. The minimum Gasteiger partial charge on any atom is -0.334 e. The van der Waals surface area contributed by atoms with Gasteiger partial charge in [-0.25, -0.2) is 4.79 Å². The Balaban J connectivity index is 1.97. The van der Waals surface area contributed by atoms with E-state index in [1.807, 2.05) is 45.0 Å². The second kappa shape index (κ2) is 6.44. The van der Waals surface area contributed by atoms with Gasteiger partial charge in [-0.1, -0.05) is 47.5 Å². The van der Waals surface area contributed by atoms with Gasteiger partial charge in [0.05, 0.1) is 0 Å². The maximum absolute atomic E-state index is 12.0. The maximum atomic E-state index is 12.0. The van der Waals surface area contributed by atoms with Gasteiger partial charge in [0.25, 0.3) is 0 Å². The first kappa shape index (κ1) is 15.1. The Morgan fingerprint density at radius 3 is 2.05 bits per heavy atom. The molecular weight excluding hydrogens is 260 g/mol. The van der Waals surface area contributed by atoms with Crippen molar-refractivity contribution >= 4 is 11.7 Å². The lowest BCUT2D eigenvalue weighted by Crippen LogP contribution is -2.28. The summed E-state index contributed by atoms with van der Waals surface area (Å²) in [7, 11) is 0. The smallest absolute Gasteiger partial charge is 0.319 e. The molecule has 0 saturated carbocycles. The summed E-state index contributed by atoms with van der Waals surface area (Å²) in [5.74, 6) is 0. The van der Waals surface area contributed by atoms with Crippen LogP contribution < -0.4 is 10.6 Å². The van der Waals surface area contributed by atoms with Crippen molar-refractivity contribution in [2.24, 2.45) is 0 Å². The fourth-order valence-corrected chi connectivity index (χ4v) is 2.42. The summed E-state index contributed by atoms with van der Waals surface area (Å²) in [6, 6.07) is 12.1. The van der Waals surface area contributed by atoms with Crippen molar-refractivity contribution in [3.63, 3.8) is 0 Å². The van der Waals surface area contributed by atoms with Crippen LogP contribution in [0.4, 0.5) is 10.5 Å². The SMILES string of the molecule is Cc1ccc(CNC(=O)Nc2c(C)cc(C)cc2C)cc1. The Hall–Kier alpha value is -2.29. The number of carbonyl (C=O) groups excluding carboxylic acids is 1. The first-order valence-electron chi connectivity index (χ1n) is 7.14. The minimum atomic E-state index is -0.175. The molecule has 2 rings (SSSR count). The maximum Gasteiger partial charge on any atom is 0.319 e. The molecule has 21 heavy (non-hydrogen) atoms. The first-order valence-corrected chi connectivity index (χ1v) is 7.14. The molecule has 0 bridgehead atoms. The molecule has 0 aliphatic heterocycles. The molecule has 3 heteroatoms. The van der Waals surface area contributed by atoms with Gasteiger partial charge in [0.15, 0.2) is 0 Å². The van der Waals surface area contributed by atoms with E-state index in [0.29, 0.717) is 6.54 Å². The molecule has 0 aliphatic rings. The standard InChI is InChI=1S/C18H22N2O/c1-12-5-7-16(8-6-12)11-19-18(21)20-17-14(3)9-13(2)10-15(17)4/h5-10H,11H2,1-4H3,(H2,19,20,21). The van der Waals surface area contributed by atoms with Crippen molar-refractivity contribution in [3.05, 3.63) is 64.2 Å². The van der Waals surface area contributed by atoms with Crippen LogP contribution >= 0.6 is 0 Å². The van der Waals surface area contributed by atoms with Crippen LogP contribution in [0, 0.1) is 27.7 Å². The molecule has 110 valence electrons. The van der Waals surface area contributed by atoms with Crippen molar-refractivity contribution in [2.45, 2.75) is 34.2 Å². The van der Waals surface area contributed by atoms with E-state index in [4.69, 9.17) is 0 Å². The van der Waals surface area contributed by atoms with E-state index in [9.17, 15) is 4.79 Å². The molecule has 2 aromatic rings. The molecule has 2 aromatic carbocycles. The fourth-order valence-electron chi connectivity index (χ4n) is 2.42. The van der Waals surface area contributed by atoms with Gasteiger partial charge in [0.1, 0.15) is 0 Å². The third-order valence-corrected chi connectivity index (χ3v) is 3.49. The van der Waals surface area contributed by atoms with Crippen LogP contribution in [0.1, 0.15) is 27.8 Å². The summed E-state index contributed by atoms with van der Waals surface area (Å²) < 4.78 is 0. The zero-order chi connectivity index (χ0) is 15.4. The molecule has 0 aliphatic carbocycles. The predicted molar refractivity (Wildman–Crippen MR) is 87.7 cm³/mol. The molecule has 0 saturated heterocycles. The normalized spacial score (nSPS) is 10.3. The van der Waals surface area contributed by atoms with Crippen LogP contribution in [-0.2, 0) is 6.54 Å². The van der Waals surface area contributed by atoms with Gasteiger partial charge in [-0.15, -0.1) is 0 Å². The Bertz CT molecular complexity index is 622. The number of carbonyl (C=O) groups is 1. The van der Waals surface area contributed by atoms with E-state index >= 15 is 0 Å². The molecule has 0 atom stereocenters. The number of amides is 2. The Morgan fingerprint density at radius 2 is 1.48 bits per heavy atom. The van der Waals surface area contributed by atoms with E-state index in [0.717, 1.165) is 22.4 Å². The van der Waals surface area contributed by atoms with Crippen molar-refractivity contribution in [1.29, 1.82) is 0 Å². The molecule has 0 spiro atoms. The van der Waals surface area contributed by atoms with Gasteiger partial charge >= 0.3 is 6.03 Å². The zero-order valence-corrected chi connectivity index (χ0v) is 13.1. The molecule has 0 fully saturated rings. The van der Waals surface area contributed by atoms with Gasteiger partial charge in [0, 0.05) is 12.2 Å². The van der Waals surface area contributed by atoms with Crippen LogP contribution in [0.5, 0.6) is 0 Å². The Labute approximate surface area is 126 Å². The average molecular weight is 282 g/mol. The monoisotopic (exact) mass is 282 g/mol. The number of anilines is 1. The fraction of sp³-hybridized carbons (Fsp3) is 0.278. The van der Waals surface area contributed by atoms with Crippen molar-refractivity contribution in [2.75, 3.05) is 5.32 Å². The number of benzene rings is 2. The van der Waals surface area contributed by atoms with Gasteiger partial charge in [-0.05, 0) is 44.4 Å². The van der Waals surface area contributed by atoms with E-state index in [2.05, 4.69) is 29.7 Å². The van der Waals surface area contributed by atoms with Gasteiger partial charge in [-0.3, -0.25) is 0 Å². The number of hydrogen-bond donors (Lipinski definition) is 2. The van der Waals surface area contributed by atoms with E-state index in [-0.39, 0.29) is 6.03 Å². The van der Waals surface area contributed by atoms with Crippen LogP contribution in [0.25, 0.3) is 0 Å². The molecular formula is C18H22N2O. The summed E-state index contributed by atoms with van der Waals surface area (Å²) in [6.07, 6.45) is 0. The van der Waals surface area contributed by atoms with Crippen molar-refractivity contribution in [1.82, 2.24) is 5.32 Å². The topological polar surface area (TPSA) is 41.1 Å². The van der Waals surface area contributed by atoms with Crippen LogP contribution in [0.3, 0.4) is 0 Å². The lowest BCUT2D eigenvalue weighted by Gasteiger charge is -2.13. The highest BCUT2D eigenvalue weighted by Crippen LogP contribution is 2.21. The first-order chi connectivity index (χ1) is 9.95. The molecule has 0 unspecified atom stereocenters. The molecule has 0 aromatic heterocycles. The molecule has 0 heterocycles. The number of urea groups is 1. The predicted octanol–water partition coefficient (Wildman–Crippen LogP) is 4.24. The number of nitrogens with one attached hydrogen (secondary N) is 2. The lowest BCUT2D eigenvalue weighted by molar-refractivity contribution is 0.251. The average Bonchev–Trinajstić information content (AvgIpc) is 2.42. The van der Waals surface area contributed by atoms with Crippen LogP contribution in [0.15, 0.2) is 36.4 Å². The van der Waals surface area contributed by atoms with Crippen LogP contribution in [0.2, 0.25) is 0 Å². The highest BCUT2D eigenvalue weighted by Gasteiger charge is 2.07. The van der Waals surface area contributed by atoms with Crippen LogP contribution in [-0.4, -0.2) is 6.03 Å². The largest absolute Gasteiger partial charge is 0.334 e. The summed E-state index contributed by atoms with van der Waals surface area (Å²) in [5.41, 5.74) is 6.57. The van der Waals surface area contributed by atoms with E-state index in [1.54, 1.807) is 0 Å². The quantitative estimate of drug-likeness (QED) is 0.868. The lowest BCUT2D eigenvalue weighted by atomic mass is 10.1. The second-order valence-corrected chi connectivity index (χ2v) is 5.57. The molecule has 2 N–H and O–H groups in total. The van der Waals surface area contributed by atoms with Crippen molar-refractivity contribution in [3.8, 4) is 0 Å². The molecule has 2 amide bonds. The van der Waals surface area contributed by atoms with Gasteiger partial charge < -0.3 is 10.6 Å². The Morgan fingerprint density at radius 1 is 0.905 bits per heavy atom. The summed E-state index contributed by atoms with van der Waals surface area (Å²) >= 11 is 0. The Kier molecular flexibility index (Phi) is 4.63. The van der Waals surface area contributed by atoms with Crippen molar-refractivity contribution < 1.29 is 4.79 Å². The van der Waals surface area contributed by atoms with E-state index < -0.39 is 0 Å². The number of hydrogen-bond acceptors (Lipinski definition) is 1. The highest BCUT2D eigenvalue weighted by molar-refractivity contribution is 5.91. The molecule has 0 radical (unpaired) electrons. The number of aryl methyl sites for hydroxylation is 4. The third kappa shape index (κ3) is 4.09. The highest BCUT2D eigenvalue weighted by atomic mass is 16.2.